The third-order valence-corrected chi connectivity index (χ3v) is 6.70. The molecule has 0 aliphatic heterocycles. The summed E-state index contributed by atoms with van der Waals surface area (Å²) in [5, 5.41) is 2.34. The van der Waals surface area contributed by atoms with E-state index in [2.05, 4.69) is 90.5 Å². The fraction of sp³-hybridized carbons (Fsp3) is 0.219. The lowest BCUT2D eigenvalue weighted by Crippen LogP contribution is -2.14. The fourth-order valence-corrected chi connectivity index (χ4v) is 4.55. The lowest BCUT2D eigenvalue weighted by molar-refractivity contribution is -0.138. The molecule has 0 spiro atoms. The molecular formula is C32H35NO3S. The number of hydrogen-bond acceptors (Lipinski definition) is 5. The molecule has 5 heteroatoms. The van der Waals surface area contributed by atoms with Crippen molar-refractivity contribution in [2.24, 2.45) is 5.73 Å². The first-order valence-corrected chi connectivity index (χ1v) is 13.7. The summed E-state index contributed by atoms with van der Waals surface area (Å²) in [6, 6.07) is 32.3. The maximum atomic E-state index is 9.83. The van der Waals surface area contributed by atoms with Gasteiger partial charge in [-0.05, 0) is 34.1 Å². The molecule has 0 saturated heterocycles. The molecule has 0 aliphatic carbocycles. The summed E-state index contributed by atoms with van der Waals surface area (Å²) in [5.74, 6) is 1.85. The van der Waals surface area contributed by atoms with Gasteiger partial charge in [-0.25, -0.2) is 0 Å². The van der Waals surface area contributed by atoms with Gasteiger partial charge in [0.1, 0.15) is 11.2 Å². The van der Waals surface area contributed by atoms with E-state index < -0.39 is 0 Å². The molecule has 5 aromatic rings. The van der Waals surface area contributed by atoms with Crippen molar-refractivity contribution in [1.29, 1.82) is 0 Å². The van der Waals surface area contributed by atoms with E-state index in [1.807, 2.05) is 37.7 Å². The molecule has 0 fully saturated rings. The highest BCUT2D eigenvalue weighted by atomic mass is 32.2. The van der Waals surface area contributed by atoms with Gasteiger partial charge in [-0.2, -0.15) is 11.8 Å². The van der Waals surface area contributed by atoms with Crippen LogP contribution in [-0.4, -0.2) is 25.4 Å². The molecule has 0 radical (unpaired) electrons. The molecular weight excluding hydrogens is 478 g/mol. The van der Waals surface area contributed by atoms with E-state index in [1.165, 1.54) is 40.1 Å². The van der Waals surface area contributed by atoms with Gasteiger partial charge in [0.2, 0.25) is 0 Å². The third kappa shape index (κ3) is 7.03. The summed E-state index contributed by atoms with van der Waals surface area (Å²) in [4.78, 5) is 9.83. The van der Waals surface area contributed by atoms with Crippen molar-refractivity contribution in [2.75, 3.05) is 19.4 Å². The number of rotatable bonds is 6. The van der Waals surface area contributed by atoms with Crippen molar-refractivity contribution in [3.05, 3.63) is 96.6 Å². The molecule has 2 N–H and O–H groups in total. The molecule has 0 aliphatic rings. The number of thioether (sulfide) groups is 1. The van der Waals surface area contributed by atoms with Gasteiger partial charge in [0.15, 0.2) is 0 Å². The predicted molar refractivity (Wildman–Crippen MR) is 159 cm³/mol. The van der Waals surface area contributed by atoms with Gasteiger partial charge in [-0.15, -0.1) is 0 Å². The summed E-state index contributed by atoms with van der Waals surface area (Å²) < 4.78 is 10.3. The highest BCUT2D eigenvalue weighted by Gasteiger charge is 2.11. The van der Waals surface area contributed by atoms with Crippen molar-refractivity contribution < 1.29 is 13.9 Å². The van der Waals surface area contributed by atoms with Crippen LogP contribution >= 0.6 is 11.8 Å². The fourth-order valence-electron chi connectivity index (χ4n) is 3.91. The topological polar surface area (TPSA) is 65.5 Å². The first-order chi connectivity index (χ1) is 18.1. The van der Waals surface area contributed by atoms with Crippen molar-refractivity contribution in [3.8, 4) is 22.3 Å². The number of carbonyl (C=O) groups is 1. The number of carbonyl (C=O) groups excluding carboxylic acids is 1. The Morgan fingerprint density at radius 3 is 2.00 bits per heavy atom. The van der Waals surface area contributed by atoms with Crippen LogP contribution in [-0.2, 0) is 15.3 Å². The number of fused-ring (bicyclic) bond motifs is 3. The van der Waals surface area contributed by atoms with Gasteiger partial charge in [0, 0.05) is 22.1 Å². The minimum absolute atomic E-state index is 0.0312. The second kappa shape index (κ2) is 14.3. The van der Waals surface area contributed by atoms with E-state index in [-0.39, 0.29) is 12.5 Å². The van der Waals surface area contributed by atoms with Gasteiger partial charge >= 0.3 is 5.97 Å². The Morgan fingerprint density at radius 2 is 1.41 bits per heavy atom. The smallest absolute Gasteiger partial charge is 0.319 e. The van der Waals surface area contributed by atoms with Crippen LogP contribution in [0.4, 0.5) is 0 Å². The minimum atomic E-state index is -0.380. The molecule has 192 valence electrons. The van der Waals surface area contributed by atoms with Crippen LogP contribution < -0.4 is 5.73 Å². The molecule has 4 aromatic carbocycles. The second-order valence-corrected chi connectivity index (χ2v) is 9.25. The van der Waals surface area contributed by atoms with Crippen LogP contribution in [0.2, 0.25) is 0 Å². The molecule has 4 nitrogen and oxygen atoms in total. The molecule has 5 rings (SSSR count). The minimum Gasteiger partial charge on any atom is -0.468 e. The average Bonchev–Trinajstić information content (AvgIpc) is 3.36. The third-order valence-electron chi connectivity index (χ3n) is 5.75. The number of benzene rings is 4. The van der Waals surface area contributed by atoms with Crippen molar-refractivity contribution >= 4 is 39.7 Å². The van der Waals surface area contributed by atoms with Gasteiger partial charge in [0.25, 0.3) is 0 Å². The van der Waals surface area contributed by atoms with E-state index in [9.17, 15) is 4.79 Å². The van der Waals surface area contributed by atoms with E-state index in [1.54, 1.807) is 0 Å². The first-order valence-electron chi connectivity index (χ1n) is 12.6. The standard InChI is InChI=1S/C27H22OS.C3H7NO2.C2H6/c1-2-29-18-19-10-12-20(13-11-19)21-14-16-22(17-15-21)23-7-5-8-25-24-6-3-4-9-26(24)28-27(23)25;1-6-3(5)2-4;1-2/h3-17H,2,18H2,1H3;2,4H2,1H3;1-2H3. The summed E-state index contributed by atoms with van der Waals surface area (Å²) >= 11 is 1.96. The van der Waals surface area contributed by atoms with E-state index in [0.29, 0.717) is 0 Å². The maximum absolute atomic E-state index is 9.83. The van der Waals surface area contributed by atoms with Gasteiger partial charge < -0.3 is 14.9 Å². The number of furan rings is 1. The lowest BCUT2D eigenvalue weighted by Gasteiger charge is -2.07. The molecule has 1 aromatic heterocycles. The first kappa shape index (κ1) is 28.0. The summed E-state index contributed by atoms with van der Waals surface area (Å²) in [6.07, 6.45) is 0. The average molecular weight is 514 g/mol. The van der Waals surface area contributed by atoms with E-state index >= 15 is 0 Å². The Hall–Kier alpha value is -3.54. The number of methoxy groups -OCH3 is 1. The lowest BCUT2D eigenvalue weighted by atomic mass is 9.98. The molecule has 37 heavy (non-hydrogen) atoms. The predicted octanol–water partition coefficient (Wildman–Crippen LogP) is 8.32. The largest absolute Gasteiger partial charge is 0.468 e. The number of para-hydroxylation sites is 2. The van der Waals surface area contributed by atoms with E-state index in [0.717, 1.165) is 28.2 Å². The highest BCUT2D eigenvalue weighted by Crippen LogP contribution is 2.36. The van der Waals surface area contributed by atoms with Crippen LogP contribution in [0.15, 0.2) is 95.4 Å². The van der Waals surface area contributed by atoms with Crippen molar-refractivity contribution in [3.63, 3.8) is 0 Å². The van der Waals surface area contributed by atoms with Gasteiger partial charge in [-0.3, -0.25) is 4.79 Å². The number of ether oxygens (including phenoxy) is 1. The van der Waals surface area contributed by atoms with Crippen LogP contribution in [0.5, 0.6) is 0 Å². The Labute approximate surface area is 223 Å². The molecule has 1 heterocycles. The normalized spacial score (nSPS) is 10.3. The zero-order chi connectivity index (χ0) is 26.6. The number of hydrogen-bond donors (Lipinski definition) is 1. The van der Waals surface area contributed by atoms with Crippen molar-refractivity contribution in [1.82, 2.24) is 0 Å². The zero-order valence-electron chi connectivity index (χ0n) is 22.0. The quantitative estimate of drug-likeness (QED) is 0.231. The van der Waals surface area contributed by atoms with Crippen LogP contribution in [0.3, 0.4) is 0 Å². The monoisotopic (exact) mass is 513 g/mol. The number of esters is 1. The van der Waals surface area contributed by atoms with Crippen molar-refractivity contribution in [2.45, 2.75) is 26.5 Å². The highest BCUT2D eigenvalue weighted by molar-refractivity contribution is 7.98. The molecule has 0 atom stereocenters. The van der Waals surface area contributed by atoms with E-state index in [4.69, 9.17) is 10.2 Å². The molecule has 0 saturated carbocycles. The SMILES string of the molecule is CC.CCSCc1ccc(-c2ccc(-c3cccc4c3oc3ccccc34)cc2)cc1.COC(=O)CN. The van der Waals surface area contributed by atoms with Crippen LogP contribution in [0, 0.1) is 0 Å². The van der Waals surface area contributed by atoms with Crippen LogP contribution in [0.25, 0.3) is 44.2 Å². The summed E-state index contributed by atoms with van der Waals surface area (Å²) in [6.45, 7) is 6.17. The second-order valence-electron chi connectivity index (χ2n) is 7.97. The Kier molecular flexibility index (Phi) is 10.8. The van der Waals surface area contributed by atoms with Gasteiger partial charge in [-0.1, -0.05) is 106 Å². The Balaban J connectivity index is 0.000000421. The zero-order valence-corrected chi connectivity index (χ0v) is 22.8. The maximum Gasteiger partial charge on any atom is 0.319 e. The van der Waals surface area contributed by atoms with Crippen LogP contribution in [0.1, 0.15) is 26.3 Å². The number of nitrogens with two attached hydrogens (primary N) is 1. The molecule has 0 unspecified atom stereocenters. The summed E-state index contributed by atoms with van der Waals surface area (Å²) in [7, 11) is 1.30. The Morgan fingerprint density at radius 1 is 0.811 bits per heavy atom. The van der Waals surface area contributed by atoms with Gasteiger partial charge in [0.05, 0.1) is 13.7 Å². The Bertz CT molecular complexity index is 1400. The molecule has 0 bridgehead atoms. The molecule has 0 amide bonds. The summed E-state index contributed by atoms with van der Waals surface area (Å²) in [5.41, 5.74) is 12.9.